The predicted molar refractivity (Wildman–Crippen MR) is 112 cm³/mol. The number of pyridine rings is 1. The van der Waals surface area contributed by atoms with Crippen molar-refractivity contribution in [1.29, 1.82) is 0 Å². The fourth-order valence-corrected chi connectivity index (χ4v) is 4.02. The van der Waals surface area contributed by atoms with Crippen LogP contribution in [0, 0.1) is 6.92 Å². The van der Waals surface area contributed by atoms with Crippen LogP contribution in [0.5, 0.6) is 0 Å². The number of aryl methyl sites for hydroxylation is 1. The summed E-state index contributed by atoms with van der Waals surface area (Å²) in [7, 11) is 1.32. The lowest BCUT2D eigenvalue weighted by Crippen LogP contribution is -2.11. The summed E-state index contributed by atoms with van der Waals surface area (Å²) in [6.45, 7) is 1.81. The number of aromatic nitrogens is 1. The van der Waals surface area contributed by atoms with Crippen molar-refractivity contribution in [3.63, 3.8) is 0 Å². The molecule has 146 valence electrons. The Labute approximate surface area is 170 Å². The molecule has 0 aliphatic heterocycles. The molecule has 7 nitrogen and oxygen atoms in total. The number of carbonyl (C=O) groups is 2. The van der Waals surface area contributed by atoms with E-state index in [4.69, 9.17) is 14.9 Å². The summed E-state index contributed by atoms with van der Waals surface area (Å²) in [6.07, 6.45) is 2.88. The van der Waals surface area contributed by atoms with Crippen molar-refractivity contribution >= 4 is 44.8 Å². The number of benzene rings is 1. The lowest BCUT2D eigenvalue weighted by molar-refractivity contribution is 0.0600. The molecule has 4 aromatic rings. The SMILES string of the molecule is COC(=O)c1cnc(N)c(-c2cc3cc(NC(=O)c4occc4C)ccc3s2)c1. The number of nitrogens with zero attached hydrogens (tertiary/aromatic N) is 1. The summed E-state index contributed by atoms with van der Waals surface area (Å²) < 4.78 is 11.0. The molecule has 0 saturated carbocycles. The normalized spacial score (nSPS) is 10.8. The van der Waals surface area contributed by atoms with Gasteiger partial charge >= 0.3 is 5.97 Å². The molecule has 0 fully saturated rings. The number of carbonyl (C=O) groups excluding carboxylic acids is 2. The molecule has 0 aliphatic carbocycles. The molecule has 0 atom stereocenters. The zero-order valence-electron chi connectivity index (χ0n) is 15.7. The Hall–Kier alpha value is -3.65. The number of nitrogen functional groups attached to an aromatic ring is 1. The first-order chi connectivity index (χ1) is 14.0. The van der Waals surface area contributed by atoms with Gasteiger partial charge in [0.25, 0.3) is 5.91 Å². The van der Waals surface area contributed by atoms with E-state index in [9.17, 15) is 9.59 Å². The minimum atomic E-state index is -0.474. The van der Waals surface area contributed by atoms with Gasteiger partial charge in [0.1, 0.15) is 5.82 Å². The Balaban J connectivity index is 1.66. The number of esters is 1. The van der Waals surface area contributed by atoms with Crippen LogP contribution in [-0.2, 0) is 4.74 Å². The standard InChI is InChI=1S/C21H17N3O4S/c1-11-5-6-28-18(11)20(25)24-14-3-4-16-12(7-14)9-17(29-16)15-8-13(21(26)27-2)10-23-19(15)22/h3-10H,1-2H3,(H2,22,23)(H,24,25). The summed E-state index contributed by atoms with van der Waals surface area (Å²) >= 11 is 1.52. The van der Waals surface area contributed by atoms with Crippen molar-refractivity contribution in [2.45, 2.75) is 6.92 Å². The van der Waals surface area contributed by atoms with E-state index in [0.717, 1.165) is 20.5 Å². The Bertz CT molecular complexity index is 1240. The molecule has 0 radical (unpaired) electrons. The van der Waals surface area contributed by atoms with Crippen molar-refractivity contribution in [2.75, 3.05) is 18.2 Å². The van der Waals surface area contributed by atoms with Crippen LogP contribution >= 0.6 is 11.3 Å². The monoisotopic (exact) mass is 407 g/mol. The van der Waals surface area contributed by atoms with E-state index in [1.54, 1.807) is 12.1 Å². The Morgan fingerprint density at radius 3 is 2.76 bits per heavy atom. The van der Waals surface area contributed by atoms with Crippen molar-refractivity contribution in [3.8, 4) is 10.4 Å². The van der Waals surface area contributed by atoms with Crippen LogP contribution in [0.25, 0.3) is 20.5 Å². The average molecular weight is 407 g/mol. The topological polar surface area (TPSA) is 107 Å². The quantitative estimate of drug-likeness (QED) is 0.483. The first kappa shape index (κ1) is 18.7. The third-order valence-electron chi connectivity index (χ3n) is 4.45. The third-order valence-corrected chi connectivity index (χ3v) is 5.60. The van der Waals surface area contributed by atoms with Crippen LogP contribution in [0.3, 0.4) is 0 Å². The van der Waals surface area contributed by atoms with E-state index in [0.29, 0.717) is 22.6 Å². The van der Waals surface area contributed by atoms with Gasteiger partial charge in [0.15, 0.2) is 5.76 Å². The van der Waals surface area contributed by atoms with Crippen molar-refractivity contribution in [1.82, 2.24) is 4.98 Å². The van der Waals surface area contributed by atoms with Crippen LogP contribution in [0.4, 0.5) is 11.5 Å². The molecule has 1 aromatic carbocycles. The molecular weight excluding hydrogens is 390 g/mol. The van der Waals surface area contributed by atoms with E-state index < -0.39 is 5.97 Å². The van der Waals surface area contributed by atoms with Crippen LogP contribution in [0.1, 0.15) is 26.5 Å². The number of hydrogen-bond acceptors (Lipinski definition) is 7. The van der Waals surface area contributed by atoms with Crippen LogP contribution in [0.2, 0.25) is 0 Å². The highest BCUT2D eigenvalue weighted by molar-refractivity contribution is 7.22. The number of fused-ring (bicyclic) bond motifs is 1. The highest BCUT2D eigenvalue weighted by Gasteiger charge is 2.15. The molecule has 3 N–H and O–H groups in total. The van der Waals surface area contributed by atoms with Crippen molar-refractivity contribution in [2.24, 2.45) is 0 Å². The summed E-state index contributed by atoms with van der Waals surface area (Å²) in [5.41, 5.74) is 8.44. The average Bonchev–Trinajstić information content (AvgIpc) is 3.33. The molecule has 29 heavy (non-hydrogen) atoms. The van der Waals surface area contributed by atoms with Gasteiger partial charge in [-0.05, 0) is 48.7 Å². The lowest BCUT2D eigenvalue weighted by Gasteiger charge is -2.04. The maximum Gasteiger partial charge on any atom is 0.339 e. The van der Waals surface area contributed by atoms with Crippen LogP contribution in [-0.4, -0.2) is 24.0 Å². The van der Waals surface area contributed by atoms with Crippen molar-refractivity contribution < 1.29 is 18.7 Å². The van der Waals surface area contributed by atoms with Gasteiger partial charge in [-0.2, -0.15) is 0 Å². The van der Waals surface area contributed by atoms with Gasteiger partial charge in [-0.3, -0.25) is 4.79 Å². The second kappa shape index (κ2) is 7.40. The maximum atomic E-state index is 12.4. The van der Waals surface area contributed by atoms with E-state index in [-0.39, 0.29) is 11.7 Å². The summed E-state index contributed by atoms with van der Waals surface area (Å²) in [4.78, 5) is 29.1. The van der Waals surface area contributed by atoms with E-state index in [1.165, 1.54) is 30.9 Å². The molecule has 0 saturated heterocycles. The number of thiophene rings is 1. The molecule has 8 heteroatoms. The van der Waals surface area contributed by atoms with Gasteiger partial charge in [0.2, 0.25) is 0 Å². The van der Waals surface area contributed by atoms with Gasteiger partial charge in [-0.25, -0.2) is 9.78 Å². The third kappa shape index (κ3) is 3.57. The number of amides is 1. The molecule has 0 bridgehead atoms. The summed E-state index contributed by atoms with van der Waals surface area (Å²) in [6, 6.07) is 11.0. The first-order valence-corrected chi connectivity index (χ1v) is 9.51. The number of rotatable bonds is 4. The largest absolute Gasteiger partial charge is 0.465 e. The molecule has 0 unspecified atom stereocenters. The van der Waals surface area contributed by atoms with E-state index in [1.807, 2.05) is 31.2 Å². The fraction of sp³-hybridized carbons (Fsp3) is 0.0952. The number of methoxy groups -OCH3 is 1. The smallest absolute Gasteiger partial charge is 0.339 e. The summed E-state index contributed by atoms with van der Waals surface area (Å²) in [5, 5.41) is 3.78. The van der Waals surface area contributed by atoms with Crippen LogP contribution < -0.4 is 11.1 Å². The van der Waals surface area contributed by atoms with Gasteiger partial charge in [0, 0.05) is 32.6 Å². The first-order valence-electron chi connectivity index (χ1n) is 8.69. The predicted octanol–water partition coefficient (Wildman–Crippen LogP) is 4.49. The van der Waals surface area contributed by atoms with Gasteiger partial charge in [0.05, 0.1) is 18.9 Å². The minimum Gasteiger partial charge on any atom is -0.465 e. The molecule has 1 amide bonds. The number of nitrogens with two attached hydrogens (primary N) is 1. The lowest BCUT2D eigenvalue weighted by atomic mass is 10.1. The van der Waals surface area contributed by atoms with Gasteiger partial charge in [-0.1, -0.05) is 0 Å². The zero-order chi connectivity index (χ0) is 20.5. The Kier molecular flexibility index (Phi) is 4.77. The molecule has 3 aromatic heterocycles. The summed E-state index contributed by atoms with van der Waals surface area (Å²) in [5.74, 6) is -0.166. The van der Waals surface area contributed by atoms with E-state index >= 15 is 0 Å². The molecule has 3 heterocycles. The molecule has 0 aliphatic rings. The fourth-order valence-electron chi connectivity index (χ4n) is 2.95. The van der Waals surface area contributed by atoms with E-state index in [2.05, 4.69) is 10.3 Å². The Morgan fingerprint density at radius 2 is 2.03 bits per heavy atom. The second-order valence-electron chi connectivity index (χ2n) is 6.40. The second-order valence-corrected chi connectivity index (χ2v) is 7.48. The number of hydrogen-bond donors (Lipinski definition) is 2. The zero-order valence-corrected chi connectivity index (χ0v) is 16.5. The molecule has 0 spiro atoms. The van der Waals surface area contributed by atoms with Gasteiger partial charge < -0.3 is 20.2 Å². The highest BCUT2D eigenvalue weighted by Crippen LogP contribution is 2.37. The number of nitrogens with one attached hydrogen (secondary N) is 1. The molecular formula is C21H17N3O4S. The van der Waals surface area contributed by atoms with Crippen LogP contribution in [0.15, 0.2) is 53.3 Å². The number of ether oxygens (including phenoxy) is 1. The Morgan fingerprint density at radius 1 is 1.21 bits per heavy atom. The minimum absolute atomic E-state index is 0.287. The number of anilines is 2. The van der Waals surface area contributed by atoms with Gasteiger partial charge in [-0.15, -0.1) is 11.3 Å². The number of furan rings is 1. The highest BCUT2D eigenvalue weighted by atomic mass is 32.1. The molecule has 4 rings (SSSR count). The van der Waals surface area contributed by atoms with Crippen molar-refractivity contribution in [3.05, 3.63) is 65.7 Å². The maximum absolute atomic E-state index is 12.4.